The summed E-state index contributed by atoms with van der Waals surface area (Å²) in [4.78, 5) is 23.8. The van der Waals surface area contributed by atoms with Crippen LogP contribution in [0.5, 0.6) is 0 Å². The number of hydrogen-bond donors (Lipinski definition) is 0. The molecule has 22 heavy (non-hydrogen) atoms. The van der Waals surface area contributed by atoms with Crippen LogP contribution < -0.4 is 0 Å². The van der Waals surface area contributed by atoms with Gasteiger partial charge in [0.05, 0.1) is 18.9 Å². The van der Waals surface area contributed by atoms with Gasteiger partial charge in [0, 0.05) is 37.0 Å². The Morgan fingerprint density at radius 2 is 1.91 bits per heavy atom. The number of carbonyl (C=O) groups excluding carboxylic acids is 1. The Bertz CT molecular complexity index is 618. The molecule has 2 aliphatic carbocycles. The highest BCUT2D eigenvalue weighted by Crippen LogP contribution is 2.51. The normalized spacial score (nSPS) is 33.1. The minimum atomic E-state index is 0.240. The molecule has 116 valence electrons. The van der Waals surface area contributed by atoms with Crippen LogP contribution in [-0.4, -0.2) is 47.1 Å². The molecule has 1 aromatic heterocycles. The summed E-state index contributed by atoms with van der Waals surface area (Å²) in [6.07, 6.45) is 6.04. The summed E-state index contributed by atoms with van der Waals surface area (Å²) in [5.41, 5.74) is 3.77. The van der Waals surface area contributed by atoms with Crippen LogP contribution in [0.1, 0.15) is 35.7 Å². The van der Waals surface area contributed by atoms with Crippen molar-refractivity contribution in [3.8, 4) is 0 Å². The van der Waals surface area contributed by atoms with Gasteiger partial charge in [-0.15, -0.1) is 0 Å². The third kappa shape index (κ3) is 1.98. The van der Waals surface area contributed by atoms with Crippen LogP contribution in [0, 0.1) is 17.8 Å². The van der Waals surface area contributed by atoms with Gasteiger partial charge in [-0.05, 0) is 36.7 Å². The fraction of sp³-hybridized carbons (Fsp3) is 0.706. The van der Waals surface area contributed by atoms with Crippen LogP contribution in [0.3, 0.4) is 0 Å². The number of rotatable bonds is 2. The molecule has 1 unspecified atom stereocenters. The van der Waals surface area contributed by atoms with Crippen molar-refractivity contribution in [1.82, 2.24) is 14.9 Å². The Morgan fingerprint density at radius 3 is 2.68 bits per heavy atom. The summed E-state index contributed by atoms with van der Waals surface area (Å²) >= 11 is 0. The van der Waals surface area contributed by atoms with E-state index < -0.39 is 0 Å². The van der Waals surface area contributed by atoms with E-state index in [1.54, 1.807) is 6.33 Å². The average molecular weight is 299 g/mol. The maximum Gasteiger partial charge on any atom is 0.226 e. The molecule has 3 heterocycles. The zero-order valence-electron chi connectivity index (χ0n) is 12.7. The Hall–Kier alpha value is -1.49. The van der Waals surface area contributed by atoms with Crippen LogP contribution in [0.2, 0.25) is 0 Å². The number of hydrogen-bond acceptors (Lipinski definition) is 4. The number of carbonyl (C=O) groups is 1. The molecular weight excluding hydrogens is 278 g/mol. The number of nitrogens with zero attached hydrogens (tertiary/aromatic N) is 3. The van der Waals surface area contributed by atoms with Gasteiger partial charge in [0.2, 0.25) is 5.91 Å². The highest BCUT2D eigenvalue weighted by atomic mass is 16.5. The summed E-state index contributed by atoms with van der Waals surface area (Å²) in [5.74, 6) is 2.25. The van der Waals surface area contributed by atoms with E-state index in [2.05, 4.69) is 14.9 Å². The second-order valence-corrected chi connectivity index (χ2v) is 7.17. The summed E-state index contributed by atoms with van der Waals surface area (Å²) in [7, 11) is 0. The highest BCUT2D eigenvalue weighted by Gasteiger charge is 2.58. The Kier molecular flexibility index (Phi) is 2.81. The molecule has 0 bridgehead atoms. The molecule has 5 nitrogen and oxygen atoms in total. The van der Waals surface area contributed by atoms with Crippen LogP contribution in [0.25, 0.3) is 0 Å². The van der Waals surface area contributed by atoms with Crippen molar-refractivity contribution in [1.29, 1.82) is 0 Å². The van der Waals surface area contributed by atoms with Crippen molar-refractivity contribution in [3.05, 3.63) is 23.3 Å². The van der Waals surface area contributed by atoms with E-state index in [-0.39, 0.29) is 5.92 Å². The maximum absolute atomic E-state index is 12.7. The molecule has 0 spiro atoms. The van der Waals surface area contributed by atoms with Gasteiger partial charge in [-0.2, -0.15) is 0 Å². The Labute approximate surface area is 130 Å². The standard InChI is InChI=1S/C17H21N3O2/c21-17(15-12-7-22-8-13(12)15)20-5-3-11-14(4-6-20)18-9-19-16(11)10-1-2-10/h9-10,12-13,15H,1-8H2/t12-,13+,15?. The van der Waals surface area contributed by atoms with Crippen molar-refractivity contribution in [2.45, 2.75) is 31.6 Å². The van der Waals surface area contributed by atoms with Gasteiger partial charge < -0.3 is 9.64 Å². The molecule has 3 fully saturated rings. The monoisotopic (exact) mass is 299 g/mol. The molecule has 5 rings (SSSR count). The number of amides is 1. The van der Waals surface area contributed by atoms with E-state index in [9.17, 15) is 4.79 Å². The van der Waals surface area contributed by atoms with Crippen LogP contribution in [0.4, 0.5) is 0 Å². The lowest BCUT2D eigenvalue weighted by molar-refractivity contribution is -0.133. The van der Waals surface area contributed by atoms with Crippen LogP contribution >= 0.6 is 0 Å². The van der Waals surface area contributed by atoms with E-state index in [0.29, 0.717) is 23.7 Å². The molecule has 2 aliphatic heterocycles. The van der Waals surface area contributed by atoms with Gasteiger partial charge in [-0.3, -0.25) is 4.79 Å². The fourth-order valence-corrected chi connectivity index (χ4v) is 4.30. The van der Waals surface area contributed by atoms with Gasteiger partial charge in [-0.25, -0.2) is 9.97 Å². The van der Waals surface area contributed by atoms with Gasteiger partial charge in [-0.1, -0.05) is 0 Å². The molecule has 5 heteroatoms. The lowest BCUT2D eigenvalue weighted by Gasteiger charge is -2.21. The van der Waals surface area contributed by atoms with Crippen molar-refractivity contribution < 1.29 is 9.53 Å². The van der Waals surface area contributed by atoms with Crippen molar-refractivity contribution in [3.63, 3.8) is 0 Å². The van der Waals surface area contributed by atoms with Gasteiger partial charge in [0.1, 0.15) is 6.33 Å². The zero-order chi connectivity index (χ0) is 14.7. The lowest BCUT2D eigenvalue weighted by Crippen LogP contribution is -2.36. The van der Waals surface area contributed by atoms with Crippen LogP contribution in [-0.2, 0) is 22.4 Å². The predicted molar refractivity (Wildman–Crippen MR) is 79.3 cm³/mol. The van der Waals surface area contributed by atoms with E-state index in [1.807, 2.05) is 0 Å². The smallest absolute Gasteiger partial charge is 0.226 e. The quantitative estimate of drug-likeness (QED) is 0.823. The molecule has 2 saturated carbocycles. The summed E-state index contributed by atoms with van der Waals surface area (Å²) < 4.78 is 5.41. The molecule has 0 radical (unpaired) electrons. The first-order valence-corrected chi connectivity index (χ1v) is 8.52. The molecule has 1 amide bonds. The lowest BCUT2D eigenvalue weighted by atomic mass is 10.0. The minimum absolute atomic E-state index is 0.240. The maximum atomic E-state index is 12.7. The molecule has 4 aliphatic rings. The first kappa shape index (κ1) is 13.0. The second-order valence-electron chi connectivity index (χ2n) is 7.17. The molecule has 3 atom stereocenters. The first-order valence-electron chi connectivity index (χ1n) is 8.52. The molecular formula is C17H21N3O2. The van der Waals surface area contributed by atoms with Gasteiger partial charge in [0.15, 0.2) is 0 Å². The van der Waals surface area contributed by atoms with Crippen LogP contribution in [0.15, 0.2) is 6.33 Å². The van der Waals surface area contributed by atoms with Gasteiger partial charge in [0.25, 0.3) is 0 Å². The Balaban J connectivity index is 1.33. The van der Waals surface area contributed by atoms with Crippen molar-refractivity contribution in [2.75, 3.05) is 26.3 Å². The van der Waals surface area contributed by atoms with E-state index in [0.717, 1.165) is 39.1 Å². The SMILES string of the molecule is O=C(C1[C@H]2COC[C@@H]12)N1CCc2ncnc(C3CC3)c2CC1. The fourth-order valence-electron chi connectivity index (χ4n) is 4.30. The average Bonchev–Trinajstić information content (AvgIpc) is 3.45. The molecule has 0 aromatic carbocycles. The summed E-state index contributed by atoms with van der Waals surface area (Å²) in [6, 6.07) is 0. The zero-order valence-corrected chi connectivity index (χ0v) is 12.7. The van der Waals surface area contributed by atoms with Crippen molar-refractivity contribution >= 4 is 5.91 Å². The minimum Gasteiger partial charge on any atom is -0.381 e. The number of ether oxygens (including phenoxy) is 1. The summed E-state index contributed by atoms with van der Waals surface area (Å²) in [6.45, 7) is 3.21. The third-order valence-corrected chi connectivity index (χ3v) is 5.83. The number of fused-ring (bicyclic) bond motifs is 2. The first-order chi connectivity index (χ1) is 10.8. The topological polar surface area (TPSA) is 55.3 Å². The Morgan fingerprint density at radius 1 is 1.14 bits per heavy atom. The predicted octanol–water partition coefficient (Wildman–Crippen LogP) is 1.17. The van der Waals surface area contributed by atoms with Crippen molar-refractivity contribution in [2.24, 2.45) is 17.8 Å². The largest absolute Gasteiger partial charge is 0.381 e. The molecule has 0 N–H and O–H groups in total. The third-order valence-electron chi connectivity index (χ3n) is 5.83. The second kappa shape index (κ2) is 4.75. The van der Waals surface area contributed by atoms with E-state index >= 15 is 0 Å². The van der Waals surface area contributed by atoms with E-state index in [1.165, 1.54) is 29.8 Å². The highest BCUT2D eigenvalue weighted by molar-refractivity contribution is 5.82. The van der Waals surface area contributed by atoms with Gasteiger partial charge >= 0.3 is 0 Å². The summed E-state index contributed by atoms with van der Waals surface area (Å²) in [5, 5.41) is 0. The molecule has 1 saturated heterocycles. The molecule has 1 aromatic rings. The van der Waals surface area contributed by atoms with E-state index in [4.69, 9.17) is 4.74 Å². The number of aromatic nitrogens is 2.